The fourth-order valence-corrected chi connectivity index (χ4v) is 6.11. The molecule has 0 radical (unpaired) electrons. The molecule has 0 aliphatic rings. The van der Waals surface area contributed by atoms with E-state index in [1.807, 2.05) is 6.92 Å². The predicted octanol–water partition coefficient (Wildman–Crippen LogP) is 7.23. The van der Waals surface area contributed by atoms with E-state index >= 15 is 0 Å². The smallest absolute Gasteiger partial charge is 0.198 e. The van der Waals surface area contributed by atoms with Crippen molar-refractivity contribution in [1.29, 1.82) is 0 Å². The molecule has 0 amide bonds. The minimum atomic E-state index is -3.21. The van der Waals surface area contributed by atoms with Crippen molar-refractivity contribution in [3.05, 3.63) is 29.3 Å². The van der Waals surface area contributed by atoms with Gasteiger partial charge in [0.25, 0.3) is 0 Å². The van der Waals surface area contributed by atoms with Gasteiger partial charge in [-0.05, 0) is 31.0 Å². The van der Waals surface area contributed by atoms with Crippen molar-refractivity contribution in [2.75, 3.05) is 19.0 Å². The van der Waals surface area contributed by atoms with Crippen molar-refractivity contribution >= 4 is 13.2 Å². The number of benzene rings is 1. The molecule has 0 aromatic heterocycles. The summed E-state index contributed by atoms with van der Waals surface area (Å²) >= 11 is 0. The number of rotatable bonds is 14. The first kappa shape index (κ1) is 29.0. The summed E-state index contributed by atoms with van der Waals surface area (Å²) in [5, 5.41) is -0.687. The van der Waals surface area contributed by atoms with E-state index in [4.69, 9.17) is 0 Å². The fourth-order valence-electron chi connectivity index (χ4n) is 3.34. The van der Waals surface area contributed by atoms with Gasteiger partial charge in [-0.3, -0.25) is 4.39 Å². The van der Waals surface area contributed by atoms with Crippen LogP contribution in [-0.2, 0) is 0 Å². The molecule has 1 rings (SSSR count). The Balaban J connectivity index is 3.09. The molecule has 1 aromatic carbocycles. The lowest BCUT2D eigenvalue weighted by molar-refractivity contribution is 0.00362. The van der Waals surface area contributed by atoms with Crippen LogP contribution >= 0.6 is 7.92 Å². The highest BCUT2D eigenvalue weighted by Gasteiger charge is 2.41. The quantitative estimate of drug-likeness (QED) is 0.109. The summed E-state index contributed by atoms with van der Waals surface area (Å²) in [5.74, 6) is -7.87. The summed E-state index contributed by atoms with van der Waals surface area (Å²) in [6.45, 7) is 2.50. The molecule has 0 nitrogen and oxygen atoms in total. The molecule has 0 saturated heterocycles. The molecule has 0 aliphatic carbocycles. The molecule has 7 unspecified atom stereocenters. The number of hydrogen-bond donors (Lipinski definition) is 0. The second-order valence-corrected chi connectivity index (χ2v) is 10.1. The largest absolute Gasteiger partial charge is 0.251 e. The van der Waals surface area contributed by atoms with Crippen LogP contribution in [0.15, 0.2) is 6.07 Å². The second-order valence-electron chi connectivity index (χ2n) is 7.81. The molecule has 0 bridgehead atoms. The van der Waals surface area contributed by atoms with Crippen molar-refractivity contribution < 1.29 is 43.9 Å². The average Bonchev–Trinajstić information content (AvgIpc) is 2.76. The van der Waals surface area contributed by atoms with E-state index in [0.717, 1.165) is 0 Å². The molecule has 0 spiro atoms. The molecule has 0 aliphatic heterocycles. The summed E-state index contributed by atoms with van der Waals surface area (Å²) < 4.78 is 137. The van der Waals surface area contributed by atoms with Crippen LogP contribution in [0.2, 0.25) is 0 Å². The molecule has 32 heavy (non-hydrogen) atoms. The summed E-state index contributed by atoms with van der Waals surface area (Å²) in [4.78, 5) is 0. The standard InChI is InChI=1S/C21H27F10P/c1-3-5-11(2)9-32(15-8-13(24)17(27)21(31)19(15)29)10-14(25)18(28)20(30)16(26)12(23)6-4-7-22/h8,11-12,14,16,18,20H,3-7,9-10H2,1-2H3. The zero-order valence-corrected chi connectivity index (χ0v) is 18.6. The Morgan fingerprint density at radius 1 is 0.781 bits per heavy atom. The highest BCUT2D eigenvalue weighted by atomic mass is 31.1. The third-order valence-corrected chi connectivity index (χ3v) is 7.91. The van der Waals surface area contributed by atoms with Gasteiger partial charge < -0.3 is 0 Å². The first-order valence-corrected chi connectivity index (χ1v) is 12.0. The number of alkyl halides is 6. The molecule has 11 heteroatoms. The van der Waals surface area contributed by atoms with Gasteiger partial charge in [-0.1, -0.05) is 34.6 Å². The van der Waals surface area contributed by atoms with Crippen molar-refractivity contribution in [2.45, 2.75) is 70.4 Å². The minimum absolute atomic E-state index is 0.0318. The van der Waals surface area contributed by atoms with Crippen LogP contribution in [0.5, 0.6) is 0 Å². The van der Waals surface area contributed by atoms with E-state index in [0.29, 0.717) is 18.9 Å². The molecule has 0 heterocycles. The van der Waals surface area contributed by atoms with Crippen molar-refractivity contribution in [3.8, 4) is 0 Å². The van der Waals surface area contributed by atoms with E-state index in [9.17, 15) is 43.9 Å². The molecule has 7 atom stereocenters. The molecule has 0 fully saturated rings. The lowest BCUT2D eigenvalue weighted by Crippen LogP contribution is -2.41. The Kier molecular flexibility index (Phi) is 12.3. The first-order chi connectivity index (χ1) is 15.0. The van der Waals surface area contributed by atoms with E-state index in [-0.39, 0.29) is 12.1 Å². The lowest BCUT2D eigenvalue weighted by Gasteiger charge is -2.27. The fraction of sp³-hybridized carbons (Fsp3) is 0.714. The van der Waals surface area contributed by atoms with E-state index in [1.54, 1.807) is 6.92 Å². The Bertz CT molecular complexity index is 704. The van der Waals surface area contributed by atoms with Gasteiger partial charge in [0, 0.05) is 11.5 Å². The molecule has 1 aromatic rings. The molecule has 0 N–H and O–H groups in total. The van der Waals surface area contributed by atoms with Gasteiger partial charge in [-0.25, -0.2) is 39.5 Å². The van der Waals surface area contributed by atoms with E-state index < -0.39 is 93.0 Å². The normalized spacial score (nSPS) is 18.6. The average molecular weight is 500 g/mol. The predicted molar refractivity (Wildman–Crippen MR) is 106 cm³/mol. The third-order valence-electron chi connectivity index (χ3n) is 5.05. The first-order valence-electron chi connectivity index (χ1n) is 10.3. The van der Waals surface area contributed by atoms with Gasteiger partial charge in [0.1, 0.15) is 12.3 Å². The monoisotopic (exact) mass is 500 g/mol. The van der Waals surface area contributed by atoms with Gasteiger partial charge in [0.2, 0.25) is 0 Å². The molecular formula is C21H27F10P. The highest BCUT2D eigenvalue weighted by Crippen LogP contribution is 2.42. The Morgan fingerprint density at radius 3 is 1.94 bits per heavy atom. The van der Waals surface area contributed by atoms with Gasteiger partial charge >= 0.3 is 0 Å². The van der Waals surface area contributed by atoms with Gasteiger partial charge in [0.05, 0.1) is 6.67 Å². The van der Waals surface area contributed by atoms with E-state index in [2.05, 4.69) is 0 Å². The molecular weight excluding hydrogens is 473 g/mol. The lowest BCUT2D eigenvalue weighted by atomic mass is 10.0. The van der Waals surface area contributed by atoms with Crippen LogP contribution in [-0.4, -0.2) is 49.9 Å². The van der Waals surface area contributed by atoms with Gasteiger partial charge in [-0.2, -0.15) is 0 Å². The molecule has 0 saturated carbocycles. The van der Waals surface area contributed by atoms with Crippen molar-refractivity contribution in [2.24, 2.45) is 5.92 Å². The highest BCUT2D eigenvalue weighted by molar-refractivity contribution is 7.65. The van der Waals surface area contributed by atoms with Crippen LogP contribution in [0.1, 0.15) is 39.5 Å². The topological polar surface area (TPSA) is 0 Å². The van der Waals surface area contributed by atoms with Crippen LogP contribution in [0.4, 0.5) is 43.9 Å². The van der Waals surface area contributed by atoms with Crippen LogP contribution in [0.25, 0.3) is 0 Å². The summed E-state index contributed by atoms with van der Waals surface area (Å²) in [6.07, 6.45) is -15.6. The SMILES string of the molecule is CCCC(C)CP(CC(F)C(F)C(F)C(F)C(F)CCCF)c1cc(F)c(F)c(F)c1F. The Morgan fingerprint density at radius 2 is 1.38 bits per heavy atom. The van der Waals surface area contributed by atoms with Gasteiger partial charge in [-0.15, -0.1) is 0 Å². The van der Waals surface area contributed by atoms with E-state index in [1.165, 1.54) is 0 Å². The van der Waals surface area contributed by atoms with Crippen LogP contribution < -0.4 is 5.30 Å². The minimum Gasteiger partial charge on any atom is -0.251 e. The maximum absolute atomic E-state index is 14.6. The Labute approximate surface area is 182 Å². The zero-order chi connectivity index (χ0) is 24.6. The number of hydrogen-bond acceptors (Lipinski definition) is 0. The maximum Gasteiger partial charge on any atom is 0.198 e. The maximum atomic E-state index is 14.6. The number of halogens is 10. The van der Waals surface area contributed by atoms with Gasteiger partial charge in [0.15, 0.2) is 41.8 Å². The molecule has 186 valence electrons. The van der Waals surface area contributed by atoms with Crippen LogP contribution in [0.3, 0.4) is 0 Å². The van der Waals surface area contributed by atoms with Crippen molar-refractivity contribution in [1.82, 2.24) is 0 Å². The second kappa shape index (κ2) is 13.6. The Hall–Kier alpha value is -1.05. The summed E-state index contributed by atoms with van der Waals surface area (Å²) in [6, 6.07) is 0.359. The summed E-state index contributed by atoms with van der Waals surface area (Å²) in [7, 11) is -2.18. The zero-order valence-electron chi connectivity index (χ0n) is 17.7. The van der Waals surface area contributed by atoms with Crippen molar-refractivity contribution in [3.63, 3.8) is 0 Å². The van der Waals surface area contributed by atoms with Crippen LogP contribution in [0, 0.1) is 29.2 Å². The summed E-state index contributed by atoms with van der Waals surface area (Å²) in [5.41, 5.74) is 0. The third kappa shape index (κ3) is 7.77.